The fourth-order valence-corrected chi connectivity index (χ4v) is 5.52. The predicted octanol–water partition coefficient (Wildman–Crippen LogP) is 6.75. The van der Waals surface area contributed by atoms with E-state index in [-0.39, 0.29) is 0 Å². The normalized spacial score (nSPS) is 16.9. The molecule has 1 saturated heterocycles. The van der Waals surface area contributed by atoms with Gasteiger partial charge in [0, 0.05) is 28.9 Å². The van der Waals surface area contributed by atoms with Crippen LogP contribution in [-0.2, 0) is 6.42 Å². The highest BCUT2D eigenvalue weighted by molar-refractivity contribution is 7.13. The first-order chi connectivity index (χ1) is 15.1. The number of halogens is 2. The largest absolute Gasteiger partial charge is 0.300 e. The van der Waals surface area contributed by atoms with Gasteiger partial charge in [-0.25, -0.2) is 15.0 Å². The summed E-state index contributed by atoms with van der Waals surface area (Å²) in [4.78, 5) is 16.4. The molecule has 1 aromatic carbocycles. The van der Waals surface area contributed by atoms with Gasteiger partial charge in [-0.1, -0.05) is 47.5 Å². The monoisotopic (exact) mass is 468 g/mol. The average molecular weight is 469 g/mol. The van der Waals surface area contributed by atoms with E-state index in [9.17, 15) is 0 Å². The van der Waals surface area contributed by atoms with Crippen molar-refractivity contribution in [3.63, 3.8) is 0 Å². The van der Waals surface area contributed by atoms with E-state index in [1.165, 1.54) is 30.3 Å². The zero-order valence-corrected chi connectivity index (χ0v) is 19.5. The Hall–Kier alpha value is -2.05. The van der Waals surface area contributed by atoms with Crippen LogP contribution in [0, 0.1) is 0 Å². The van der Waals surface area contributed by atoms with Crippen LogP contribution in [0.4, 0.5) is 0 Å². The van der Waals surface area contributed by atoms with E-state index in [4.69, 9.17) is 33.2 Å². The van der Waals surface area contributed by atoms with Gasteiger partial charge in [0.1, 0.15) is 21.0 Å². The van der Waals surface area contributed by atoms with Crippen molar-refractivity contribution in [2.24, 2.45) is 0 Å². The average Bonchev–Trinajstić information content (AvgIpc) is 3.40. The lowest BCUT2D eigenvalue weighted by Gasteiger charge is -2.21. The molecule has 1 fully saturated rings. The van der Waals surface area contributed by atoms with Crippen LogP contribution in [0.25, 0.3) is 32.9 Å². The zero-order valence-electron chi connectivity index (χ0n) is 17.2. The zero-order chi connectivity index (χ0) is 21.4. The lowest BCUT2D eigenvalue weighted by molar-refractivity contribution is 0.272. The SMILES string of the molecule is C[C@@H]1CCCN1CCc1cccc2ccc(-c3csc(-c4cc(Cl)nc(Cl)c4)n3)nc12. The van der Waals surface area contributed by atoms with Crippen LogP contribution in [0.3, 0.4) is 0 Å². The second-order valence-corrected chi connectivity index (χ2v) is 9.63. The molecule has 5 rings (SSSR count). The van der Waals surface area contributed by atoms with Crippen LogP contribution in [0.15, 0.2) is 47.8 Å². The van der Waals surface area contributed by atoms with Crippen LogP contribution >= 0.6 is 34.5 Å². The number of fused-ring (bicyclic) bond motifs is 1. The maximum atomic E-state index is 6.06. The van der Waals surface area contributed by atoms with Crippen LogP contribution in [0.5, 0.6) is 0 Å². The molecule has 0 N–H and O–H groups in total. The highest BCUT2D eigenvalue weighted by Crippen LogP contribution is 2.31. The molecular formula is C24H22Cl2N4S. The van der Waals surface area contributed by atoms with Crippen LogP contribution in [-0.4, -0.2) is 39.0 Å². The Labute approximate surface area is 195 Å². The maximum Gasteiger partial charge on any atom is 0.131 e. The number of nitrogens with zero attached hydrogens (tertiary/aromatic N) is 4. The number of aromatic nitrogens is 3. The number of benzene rings is 1. The van der Waals surface area contributed by atoms with Crippen LogP contribution in [0.1, 0.15) is 25.3 Å². The summed E-state index contributed by atoms with van der Waals surface area (Å²) in [5, 5.41) is 4.76. The highest BCUT2D eigenvalue weighted by atomic mass is 35.5. The van der Waals surface area contributed by atoms with Gasteiger partial charge < -0.3 is 4.90 Å². The minimum Gasteiger partial charge on any atom is -0.300 e. The standard InChI is InChI=1S/C24H22Cl2N4S/c1-15-4-3-10-30(15)11-9-17-6-2-5-16-7-8-19(27-23(16)17)20-14-31-24(28-20)18-12-21(25)29-22(26)13-18/h2,5-8,12-15H,3-4,9-11H2,1H3/t15-/m1/s1. The molecular weight excluding hydrogens is 447 g/mol. The number of thiazole rings is 1. The summed E-state index contributed by atoms with van der Waals surface area (Å²) in [5.74, 6) is 0. The van der Waals surface area contributed by atoms with Gasteiger partial charge in [0.15, 0.2) is 0 Å². The fourth-order valence-electron chi connectivity index (χ4n) is 4.25. The van der Waals surface area contributed by atoms with Gasteiger partial charge in [-0.3, -0.25) is 0 Å². The van der Waals surface area contributed by atoms with E-state index < -0.39 is 0 Å². The third-order valence-corrected chi connectivity index (χ3v) is 7.22. The van der Waals surface area contributed by atoms with Crippen molar-refractivity contribution in [1.82, 2.24) is 19.9 Å². The quantitative estimate of drug-likeness (QED) is 0.303. The van der Waals surface area contributed by atoms with Crippen molar-refractivity contribution in [2.75, 3.05) is 13.1 Å². The smallest absolute Gasteiger partial charge is 0.131 e. The minimum atomic E-state index is 0.361. The third kappa shape index (κ3) is 4.46. The highest BCUT2D eigenvalue weighted by Gasteiger charge is 2.20. The van der Waals surface area contributed by atoms with Gasteiger partial charge in [0.2, 0.25) is 0 Å². The molecule has 1 atom stereocenters. The van der Waals surface area contributed by atoms with Crippen molar-refractivity contribution in [2.45, 2.75) is 32.2 Å². The van der Waals surface area contributed by atoms with Gasteiger partial charge in [-0.15, -0.1) is 11.3 Å². The topological polar surface area (TPSA) is 41.9 Å². The van der Waals surface area contributed by atoms with Gasteiger partial charge >= 0.3 is 0 Å². The minimum absolute atomic E-state index is 0.361. The summed E-state index contributed by atoms with van der Waals surface area (Å²) in [5.41, 5.74) is 4.96. The molecule has 4 aromatic rings. The summed E-state index contributed by atoms with van der Waals surface area (Å²) in [7, 11) is 0. The van der Waals surface area contributed by atoms with Crippen LogP contribution < -0.4 is 0 Å². The Balaban J connectivity index is 1.45. The molecule has 0 radical (unpaired) electrons. The second-order valence-electron chi connectivity index (χ2n) is 8.00. The van der Waals surface area contributed by atoms with Crippen molar-refractivity contribution in [1.29, 1.82) is 0 Å². The molecule has 0 unspecified atom stereocenters. The van der Waals surface area contributed by atoms with E-state index in [1.54, 1.807) is 23.5 Å². The predicted molar refractivity (Wildman–Crippen MR) is 130 cm³/mol. The van der Waals surface area contributed by atoms with E-state index in [1.807, 2.05) is 11.4 Å². The summed E-state index contributed by atoms with van der Waals surface area (Å²) in [6.45, 7) is 4.61. The molecule has 4 nitrogen and oxygen atoms in total. The lowest BCUT2D eigenvalue weighted by atomic mass is 10.1. The first kappa shape index (κ1) is 20.8. The molecule has 31 heavy (non-hydrogen) atoms. The summed E-state index contributed by atoms with van der Waals surface area (Å²) in [6.07, 6.45) is 3.62. The molecule has 1 aliphatic rings. The molecule has 158 valence electrons. The van der Waals surface area contributed by atoms with Crippen molar-refractivity contribution >= 4 is 45.4 Å². The maximum absolute atomic E-state index is 6.06. The van der Waals surface area contributed by atoms with E-state index >= 15 is 0 Å². The van der Waals surface area contributed by atoms with Gasteiger partial charge in [-0.2, -0.15) is 0 Å². The molecule has 3 aromatic heterocycles. The van der Waals surface area contributed by atoms with E-state index in [0.29, 0.717) is 16.3 Å². The molecule has 7 heteroatoms. The summed E-state index contributed by atoms with van der Waals surface area (Å²) in [6, 6.07) is 14.9. The summed E-state index contributed by atoms with van der Waals surface area (Å²) >= 11 is 13.7. The number of para-hydroxylation sites is 1. The number of hydrogen-bond donors (Lipinski definition) is 0. The first-order valence-corrected chi connectivity index (χ1v) is 12.1. The molecule has 1 aliphatic heterocycles. The van der Waals surface area contributed by atoms with Crippen LogP contribution in [0.2, 0.25) is 10.3 Å². The summed E-state index contributed by atoms with van der Waals surface area (Å²) < 4.78 is 0. The Morgan fingerprint density at radius 1 is 1.03 bits per heavy atom. The number of pyridine rings is 2. The van der Waals surface area contributed by atoms with Crippen molar-refractivity contribution in [3.8, 4) is 22.0 Å². The first-order valence-electron chi connectivity index (χ1n) is 10.5. The fraction of sp³-hybridized carbons (Fsp3) is 0.292. The number of rotatable bonds is 5. The second kappa shape index (κ2) is 8.83. The van der Waals surface area contributed by atoms with Gasteiger partial charge in [0.25, 0.3) is 0 Å². The van der Waals surface area contributed by atoms with Gasteiger partial charge in [0.05, 0.1) is 11.2 Å². The van der Waals surface area contributed by atoms with E-state index in [2.05, 4.69) is 41.1 Å². The molecule has 0 spiro atoms. The Morgan fingerprint density at radius 3 is 2.65 bits per heavy atom. The lowest BCUT2D eigenvalue weighted by Crippen LogP contribution is -2.29. The molecule has 4 heterocycles. The molecule has 0 saturated carbocycles. The Morgan fingerprint density at radius 2 is 1.87 bits per heavy atom. The molecule has 0 amide bonds. The van der Waals surface area contributed by atoms with Gasteiger partial charge in [-0.05, 0) is 56.5 Å². The van der Waals surface area contributed by atoms with E-state index in [0.717, 1.165) is 40.4 Å². The molecule has 0 bridgehead atoms. The molecule has 0 aliphatic carbocycles. The number of likely N-dealkylation sites (tertiary alicyclic amines) is 1. The van der Waals surface area contributed by atoms with Crippen molar-refractivity contribution < 1.29 is 0 Å². The number of hydrogen-bond acceptors (Lipinski definition) is 5. The van der Waals surface area contributed by atoms with Crippen molar-refractivity contribution in [3.05, 3.63) is 63.7 Å². The Bertz CT molecular complexity index is 1220. The Kier molecular flexibility index (Phi) is 5.93. The third-order valence-electron chi connectivity index (χ3n) is 5.94.